The molecule has 2 saturated carbocycles. The number of hydrogen-bond donors (Lipinski definition) is 1. The second kappa shape index (κ2) is 6.31. The van der Waals surface area contributed by atoms with Crippen LogP contribution in [0.4, 0.5) is 0 Å². The zero-order chi connectivity index (χ0) is 15.7. The molecule has 1 N–H and O–H groups in total. The van der Waals surface area contributed by atoms with Gasteiger partial charge in [0.15, 0.2) is 6.10 Å². The molecule has 0 saturated heterocycles. The zero-order valence-electron chi connectivity index (χ0n) is 13.9. The van der Waals surface area contributed by atoms with Crippen LogP contribution in [0.15, 0.2) is 18.2 Å². The van der Waals surface area contributed by atoms with E-state index in [0.717, 1.165) is 23.7 Å². The van der Waals surface area contributed by atoms with Crippen molar-refractivity contribution < 1.29 is 9.53 Å². The fourth-order valence-electron chi connectivity index (χ4n) is 4.02. The summed E-state index contributed by atoms with van der Waals surface area (Å²) >= 11 is 0. The summed E-state index contributed by atoms with van der Waals surface area (Å²) in [5.74, 6) is 2.43. The van der Waals surface area contributed by atoms with Gasteiger partial charge in [-0.05, 0) is 68.6 Å². The maximum Gasteiger partial charge on any atom is 0.261 e. The highest BCUT2D eigenvalue weighted by Gasteiger charge is 2.40. The summed E-state index contributed by atoms with van der Waals surface area (Å²) in [7, 11) is 0. The van der Waals surface area contributed by atoms with Crippen molar-refractivity contribution in [1.82, 2.24) is 5.32 Å². The number of hydrogen-bond acceptors (Lipinski definition) is 2. The normalized spacial score (nSPS) is 27.7. The number of rotatable bonds is 5. The van der Waals surface area contributed by atoms with Crippen molar-refractivity contribution in [1.29, 1.82) is 0 Å². The van der Waals surface area contributed by atoms with E-state index in [1.165, 1.54) is 24.8 Å². The van der Waals surface area contributed by atoms with E-state index in [1.807, 2.05) is 26.0 Å². The minimum Gasteiger partial charge on any atom is -0.480 e. The molecule has 0 radical (unpaired) electrons. The average molecular weight is 301 g/mol. The van der Waals surface area contributed by atoms with E-state index < -0.39 is 0 Å². The number of carbonyl (C=O) groups excluding carboxylic acids is 1. The van der Waals surface area contributed by atoms with Crippen molar-refractivity contribution in [3.63, 3.8) is 0 Å². The van der Waals surface area contributed by atoms with E-state index in [-0.39, 0.29) is 12.0 Å². The first kappa shape index (κ1) is 15.4. The first-order valence-electron chi connectivity index (χ1n) is 8.61. The van der Waals surface area contributed by atoms with Crippen LogP contribution < -0.4 is 10.1 Å². The lowest BCUT2D eigenvalue weighted by atomic mass is 9.95. The summed E-state index contributed by atoms with van der Waals surface area (Å²) in [6.45, 7) is 6.12. The molecule has 0 heterocycles. The molecule has 1 amide bonds. The maximum absolute atomic E-state index is 12.6. The summed E-state index contributed by atoms with van der Waals surface area (Å²) in [6.07, 6.45) is 5.41. The predicted molar refractivity (Wildman–Crippen MR) is 88.0 cm³/mol. The van der Waals surface area contributed by atoms with Gasteiger partial charge in [-0.25, -0.2) is 0 Å². The Morgan fingerprint density at radius 1 is 1.32 bits per heavy atom. The molecule has 0 aliphatic heterocycles. The first-order valence-corrected chi connectivity index (χ1v) is 8.61. The van der Waals surface area contributed by atoms with Gasteiger partial charge in [-0.1, -0.05) is 25.5 Å². The molecule has 3 nitrogen and oxygen atoms in total. The van der Waals surface area contributed by atoms with Gasteiger partial charge in [-0.2, -0.15) is 0 Å². The molecule has 2 bridgehead atoms. The van der Waals surface area contributed by atoms with E-state index in [4.69, 9.17) is 4.74 Å². The highest BCUT2D eigenvalue weighted by molar-refractivity contribution is 5.81. The Balaban J connectivity index is 1.63. The number of nitrogens with one attached hydrogen (secondary N) is 1. The first-order chi connectivity index (χ1) is 10.6. The van der Waals surface area contributed by atoms with Crippen molar-refractivity contribution in [3.8, 4) is 5.75 Å². The lowest BCUT2D eigenvalue weighted by Gasteiger charge is -2.26. The molecule has 22 heavy (non-hydrogen) atoms. The van der Waals surface area contributed by atoms with Crippen LogP contribution in [-0.2, 0) is 4.79 Å². The summed E-state index contributed by atoms with van der Waals surface area (Å²) in [4.78, 5) is 12.6. The van der Waals surface area contributed by atoms with Gasteiger partial charge in [0, 0.05) is 6.04 Å². The molecular formula is C19H27NO2. The topological polar surface area (TPSA) is 38.3 Å². The molecule has 1 aromatic rings. The molecule has 2 fully saturated rings. The van der Waals surface area contributed by atoms with Crippen LogP contribution in [0.2, 0.25) is 0 Å². The maximum atomic E-state index is 12.6. The number of benzene rings is 1. The number of ether oxygens (including phenoxy) is 1. The molecule has 3 rings (SSSR count). The summed E-state index contributed by atoms with van der Waals surface area (Å²) in [6, 6.07) is 6.38. The molecular weight excluding hydrogens is 274 g/mol. The quantitative estimate of drug-likeness (QED) is 0.899. The summed E-state index contributed by atoms with van der Waals surface area (Å²) in [5, 5.41) is 3.25. The van der Waals surface area contributed by atoms with Gasteiger partial charge < -0.3 is 10.1 Å². The van der Waals surface area contributed by atoms with Gasteiger partial charge in [0.1, 0.15) is 5.75 Å². The van der Waals surface area contributed by atoms with Crippen LogP contribution in [0.1, 0.15) is 50.2 Å². The molecule has 0 aromatic heterocycles. The Morgan fingerprint density at radius 2 is 2.14 bits per heavy atom. The van der Waals surface area contributed by atoms with Crippen molar-refractivity contribution in [2.24, 2.45) is 11.8 Å². The lowest BCUT2D eigenvalue weighted by molar-refractivity contribution is -0.129. The Kier molecular flexibility index (Phi) is 4.42. The molecule has 2 aliphatic rings. The zero-order valence-corrected chi connectivity index (χ0v) is 13.9. The highest BCUT2D eigenvalue weighted by Crippen LogP contribution is 2.44. The summed E-state index contributed by atoms with van der Waals surface area (Å²) < 4.78 is 6.02. The Hall–Kier alpha value is -1.51. The van der Waals surface area contributed by atoms with Gasteiger partial charge in [-0.3, -0.25) is 4.79 Å². The Morgan fingerprint density at radius 3 is 2.77 bits per heavy atom. The van der Waals surface area contributed by atoms with Gasteiger partial charge in [0.2, 0.25) is 0 Å². The van der Waals surface area contributed by atoms with Crippen LogP contribution in [0.25, 0.3) is 0 Å². The number of carbonyl (C=O) groups is 1. The van der Waals surface area contributed by atoms with Gasteiger partial charge in [-0.15, -0.1) is 0 Å². The SMILES string of the molecule is CC[C@@H](Oc1cccc(C)c1C)C(=O)N[C@H]1C[C@@H]2CC[C@@H]1C2. The standard InChI is InChI=1S/C19H27NO2/c1-4-17(22-18-7-5-6-12(2)13(18)3)19(21)20-16-11-14-8-9-15(16)10-14/h5-7,14-17H,4,8-11H2,1-3H3,(H,20,21)/t14-,15-,16+,17-/m1/s1. The molecule has 120 valence electrons. The van der Waals surface area contributed by atoms with Gasteiger partial charge in [0.05, 0.1) is 0 Å². The van der Waals surface area contributed by atoms with Gasteiger partial charge >= 0.3 is 0 Å². The average Bonchev–Trinajstić information content (AvgIpc) is 3.11. The largest absolute Gasteiger partial charge is 0.480 e. The monoisotopic (exact) mass is 301 g/mol. The second-order valence-electron chi connectivity index (χ2n) is 7.00. The molecule has 2 aliphatic carbocycles. The van der Waals surface area contributed by atoms with E-state index in [2.05, 4.69) is 18.3 Å². The van der Waals surface area contributed by atoms with Crippen molar-refractivity contribution >= 4 is 5.91 Å². The van der Waals surface area contributed by atoms with Crippen LogP contribution in [0.5, 0.6) is 5.75 Å². The van der Waals surface area contributed by atoms with Crippen LogP contribution in [0.3, 0.4) is 0 Å². The fourth-order valence-corrected chi connectivity index (χ4v) is 4.02. The van der Waals surface area contributed by atoms with Crippen molar-refractivity contribution in [2.45, 2.75) is 65.0 Å². The van der Waals surface area contributed by atoms with Crippen LogP contribution in [-0.4, -0.2) is 18.1 Å². The molecule has 3 heteroatoms. The molecule has 1 aromatic carbocycles. The predicted octanol–water partition coefficient (Wildman–Crippen LogP) is 3.77. The molecule has 0 unspecified atom stereocenters. The lowest BCUT2D eigenvalue weighted by Crippen LogP contribution is -2.45. The number of aryl methyl sites for hydroxylation is 1. The molecule has 4 atom stereocenters. The van der Waals surface area contributed by atoms with Crippen molar-refractivity contribution in [2.75, 3.05) is 0 Å². The van der Waals surface area contributed by atoms with E-state index in [0.29, 0.717) is 18.4 Å². The van der Waals surface area contributed by atoms with Crippen LogP contribution >= 0.6 is 0 Å². The van der Waals surface area contributed by atoms with Crippen LogP contribution in [0, 0.1) is 25.7 Å². The Labute approximate surface area is 133 Å². The third-order valence-electron chi connectivity index (χ3n) is 5.55. The third kappa shape index (κ3) is 2.99. The fraction of sp³-hybridized carbons (Fsp3) is 0.632. The smallest absolute Gasteiger partial charge is 0.261 e. The second-order valence-corrected chi connectivity index (χ2v) is 7.00. The van der Waals surface area contributed by atoms with E-state index in [1.54, 1.807) is 0 Å². The summed E-state index contributed by atoms with van der Waals surface area (Å²) in [5.41, 5.74) is 2.31. The third-order valence-corrected chi connectivity index (χ3v) is 5.55. The van der Waals surface area contributed by atoms with Crippen molar-refractivity contribution in [3.05, 3.63) is 29.3 Å². The Bertz CT molecular complexity index is 554. The molecule has 0 spiro atoms. The highest BCUT2D eigenvalue weighted by atomic mass is 16.5. The number of amides is 1. The van der Waals surface area contributed by atoms with E-state index in [9.17, 15) is 4.79 Å². The minimum absolute atomic E-state index is 0.0564. The van der Waals surface area contributed by atoms with Gasteiger partial charge in [0.25, 0.3) is 5.91 Å². The number of fused-ring (bicyclic) bond motifs is 2. The minimum atomic E-state index is -0.389. The van der Waals surface area contributed by atoms with E-state index >= 15 is 0 Å².